The van der Waals surface area contributed by atoms with Crippen molar-refractivity contribution in [3.63, 3.8) is 0 Å². The third-order valence-electron chi connectivity index (χ3n) is 3.88. The number of amides is 1. The molecule has 2 aliphatic rings. The lowest BCUT2D eigenvalue weighted by Gasteiger charge is -2.24. The lowest BCUT2D eigenvalue weighted by Crippen LogP contribution is -2.39. The molecule has 5 heteroatoms. The fourth-order valence-corrected chi connectivity index (χ4v) is 2.74. The molecule has 2 rings (SSSR count). The Morgan fingerprint density at radius 2 is 2.00 bits per heavy atom. The van der Waals surface area contributed by atoms with Crippen molar-refractivity contribution in [2.75, 3.05) is 13.2 Å². The molecule has 0 spiro atoms. The van der Waals surface area contributed by atoms with Gasteiger partial charge in [-0.2, -0.15) is 0 Å². The Morgan fingerprint density at radius 3 is 2.63 bits per heavy atom. The molecule has 19 heavy (non-hydrogen) atoms. The van der Waals surface area contributed by atoms with Gasteiger partial charge in [-0.25, -0.2) is 0 Å². The summed E-state index contributed by atoms with van der Waals surface area (Å²) in [5.74, 6) is -2.06. The highest BCUT2D eigenvalue weighted by molar-refractivity contribution is 5.85. The van der Waals surface area contributed by atoms with Gasteiger partial charge in [0.15, 0.2) is 0 Å². The zero-order valence-corrected chi connectivity index (χ0v) is 11.0. The summed E-state index contributed by atoms with van der Waals surface area (Å²) in [6.45, 7) is 1.38. The number of aliphatic carboxylic acids is 1. The van der Waals surface area contributed by atoms with E-state index in [4.69, 9.17) is 9.84 Å². The van der Waals surface area contributed by atoms with Gasteiger partial charge in [-0.3, -0.25) is 9.59 Å². The standard InChI is InChI=1S/C14H21NO4/c16-13(15-8-7-10-4-3-9-19-10)11-5-1-2-6-12(11)14(17)18/h1-2,10-12H,3-9H2,(H,15,16)(H,17,18)/t10?,11-,12+/m1/s1. The maximum atomic E-state index is 12.0. The highest BCUT2D eigenvalue weighted by Gasteiger charge is 2.33. The number of carboxylic acids is 1. The van der Waals surface area contributed by atoms with Crippen molar-refractivity contribution in [1.82, 2.24) is 5.32 Å². The molecule has 0 bridgehead atoms. The van der Waals surface area contributed by atoms with Gasteiger partial charge in [0.1, 0.15) is 0 Å². The third-order valence-corrected chi connectivity index (χ3v) is 3.88. The van der Waals surface area contributed by atoms with Crippen LogP contribution in [0.25, 0.3) is 0 Å². The summed E-state index contributed by atoms with van der Waals surface area (Å²) in [4.78, 5) is 23.2. The van der Waals surface area contributed by atoms with Crippen molar-refractivity contribution in [2.24, 2.45) is 11.8 Å². The van der Waals surface area contributed by atoms with Crippen LogP contribution in [0.2, 0.25) is 0 Å². The second-order valence-corrected chi connectivity index (χ2v) is 5.21. The first-order valence-corrected chi connectivity index (χ1v) is 6.95. The van der Waals surface area contributed by atoms with Crippen molar-refractivity contribution >= 4 is 11.9 Å². The fraction of sp³-hybridized carbons (Fsp3) is 0.714. The smallest absolute Gasteiger partial charge is 0.307 e. The Morgan fingerprint density at radius 1 is 1.26 bits per heavy atom. The second kappa shape index (κ2) is 6.70. The number of rotatable bonds is 5. The highest BCUT2D eigenvalue weighted by atomic mass is 16.5. The second-order valence-electron chi connectivity index (χ2n) is 5.21. The molecule has 3 atom stereocenters. The first-order valence-electron chi connectivity index (χ1n) is 6.95. The predicted octanol–water partition coefficient (Wildman–Crippen LogP) is 1.34. The van der Waals surface area contributed by atoms with Crippen molar-refractivity contribution in [3.8, 4) is 0 Å². The van der Waals surface area contributed by atoms with Crippen LogP contribution in [-0.2, 0) is 14.3 Å². The van der Waals surface area contributed by atoms with Crippen LogP contribution in [0.4, 0.5) is 0 Å². The summed E-state index contributed by atoms with van der Waals surface area (Å²) >= 11 is 0. The molecule has 0 aromatic rings. The lowest BCUT2D eigenvalue weighted by molar-refractivity contribution is -0.147. The Kier molecular flexibility index (Phi) is 4.96. The van der Waals surface area contributed by atoms with Crippen molar-refractivity contribution in [3.05, 3.63) is 12.2 Å². The number of nitrogens with one attached hydrogen (secondary N) is 1. The molecule has 0 aromatic heterocycles. The number of ether oxygens (including phenoxy) is 1. The molecule has 106 valence electrons. The number of hydrogen-bond donors (Lipinski definition) is 2. The summed E-state index contributed by atoms with van der Waals surface area (Å²) < 4.78 is 5.48. The minimum atomic E-state index is -0.886. The maximum Gasteiger partial charge on any atom is 0.307 e. The monoisotopic (exact) mass is 267 g/mol. The van der Waals surface area contributed by atoms with Gasteiger partial charge >= 0.3 is 5.97 Å². The highest BCUT2D eigenvalue weighted by Crippen LogP contribution is 2.26. The molecule has 0 aromatic carbocycles. The van der Waals surface area contributed by atoms with Gasteiger partial charge in [0.05, 0.1) is 17.9 Å². The van der Waals surface area contributed by atoms with E-state index in [0.717, 1.165) is 25.9 Å². The Labute approximate surface area is 113 Å². The quantitative estimate of drug-likeness (QED) is 0.737. The van der Waals surface area contributed by atoms with Gasteiger partial charge in [-0.15, -0.1) is 0 Å². The number of carboxylic acid groups (broad SMARTS) is 1. The average molecular weight is 267 g/mol. The van der Waals surface area contributed by atoms with Crippen LogP contribution in [0.5, 0.6) is 0 Å². The zero-order chi connectivity index (χ0) is 13.7. The summed E-state index contributed by atoms with van der Waals surface area (Å²) in [7, 11) is 0. The zero-order valence-electron chi connectivity index (χ0n) is 11.0. The van der Waals surface area contributed by atoms with Gasteiger partial charge in [0.25, 0.3) is 0 Å². The van der Waals surface area contributed by atoms with Crippen LogP contribution in [-0.4, -0.2) is 36.2 Å². The van der Waals surface area contributed by atoms with Crippen LogP contribution in [0, 0.1) is 11.8 Å². The lowest BCUT2D eigenvalue weighted by atomic mass is 9.82. The third kappa shape index (κ3) is 3.80. The Hall–Kier alpha value is -1.36. The number of hydrogen-bond acceptors (Lipinski definition) is 3. The predicted molar refractivity (Wildman–Crippen MR) is 69.6 cm³/mol. The van der Waals surface area contributed by atoms with E-state index in [-0.39, 0.29) is 12.0 Å². The number of carbonyl (C=O) groups excluding carboxylic acids is 1. The van der Waals surface area contributed by atoms with E-state index in [0.29, 0.717) is 19.4 Å². The van der Waals surface area contributed by atoms with Gasteiger partial charge < -0.3 is 15.2 Å². The maximum absolute atomic E-state index is 12.0. The Balaban J connectivity index is 1.77. The molecular formula is C14H21NO4. The van der Waals surface area contributed by atoms with E-state index in [1.54, 1.807) is 0 Å². The molecule has 1 fully saturated rings. The number of allylic oxidation sites excluding steroid dienone is 2. The molecule has 1 amide bonds. The molecular weight excluding hydrogens is 246 g/mol. The van der Waals surface area contributed by atoms with Crippen LogP contribution in [0.1, 0.15) is 32.1 Å². The molecule has 0 radical (unpaired) electrons. The minimum Gasteiger partial charge on any atom is -0.481 e. The van der Waals surface area contributed by atoms with E-state index in [2.05, 4.69) is 5.32 Å². The molecule has 1 aliphatic heterocycles. The molecule has 1 unspecified atom stereocenters. The van der Waals surface area contributed by atoms with Crippen LogP contribution in [0.15, 0.2) is 12.2 Å². The van der Waals surface area contributed by atoms with Crippen LogP contribution in [0.3, 0.4) is 0 Å². The van der Waals surface area contributed by atoms with Crippen LogP contribution < -0.4 is 5.32 Å². The molecule has 1 aliphatic carbocycles. The summed E-state index contributed by atoms with van der Waals surface area (Å²) in [5, 5.41) is 12.0. The fourth-order valence-electron chi connectivity index (χ4n) is 2.74. The number of carbonyl (C=O) groups is 2. The first kappa shape index (κ1) is 14.1. The first-order chi connectivity index (χ1) is 9.18. The van der Waals surface area contributed by atoms with Gasteiger partial charge in [-0.05, 0) is 32.1 Å². The van der Waals surface area contributed by atoms with E-state index in [1.165, 1.54) is 0 Å². The largest absolute Gasteiger partial charge is 0.481 e. The molecule has 1 heterocycles. The average Bonchev–Trinajstić information content (AvgIpc) is 2.91. The topological polar surface area (TPSA) is 75.6 Å². The van der Waals surface area contributed by atoms with Gasteiger partial charge in [0.2, 0.25) is 5.91 Å². The molecule has 5 nitrogen and oxygen atoms in total. The van der Waals surface area contributed by atoms with E-state index >= 15 is 0 Å². The normalized spacial score (nSPS) is 30.2. The van der Waals surface area contributed by atoms with Gasteiger partial charge in [0, 0.05) is 13.2 Å². The van der Waals surface area contributed by atoms with E-state index < -0.39 is 17.8 Å². The van der Waals surface area contributed by atoms with Crippen molar-refractivity contribution in [2.45, 2.75) is 38.2 Å². The summed E-state index contributed by atoms with van der Waals surface area (Å²) in [5.41, 5.74) is 0. The van der Waals surface area contributed by atoms with Gasteiger partial charge in [-0.1, -0.05) is 12.2 Å². The molecule has 2 N–H and O–H groups in total. The minimum absolute atomic E-state index is 0.144. The molecule has 1 saturated heterocycles. The Bertz CT molecular complexity index is 360. The molecule has 0 saturated carbocycles. The summed E-state index contributed by atoms with van der Waals surface area (Å²) in [6.07, 6.45) is 7.90. The summed E-state index contributed by atoms with van der Waals surface area (Å²) in [6, 6.07) is 0. The van der Waals surface area contributed by atoms with Crippen molar-refractivity contribution in [1.29, 1.82) is 0 Å². The van der Waals surface area contributed by atoms with E-state index in [9.17, 15) is 9.59 Å². The van der Waals surface area contributed by atoms with Crippen LogP contribution >= 0.6 is 0 Å². The van der Waals surface area contributed by atoms with Crippen molar-refractivity contribution < 1.29 is 19.4 Å². The van der Waals surface area contributed by atoms with E-state index in [1.807, 2.05) is 12.2 Å². The SMILES string of the molecule is O=C(O)[C@H]1CC=CC[C@H]1C(=O)NCCC1CCCO1.